The average Bonchev–Trinajstić information content (AvgIpc) is 2.17. The van der Waals surface area contributed by atoms with E-state index in [2.05, 4.69) is 18.0 Å². The zero-order chi connectivity index (χ0) is 10.1. The Morgan fingerprint density at radius 1 is 1.43 bits per heavy atom. The summed E-state index contributed by atoms with van der Waals surface area (Å²) in [5, 5.41) is 0. The normalized spacial score (nSPS) is 15.1. The summed E-state index contributed by atoms with van der Waals surface area (Å²) in [5.74, 6) is 0.154. The second-order valence-corrected chi connectivity index (χ2v) is 3.92. The summed E-state index contributed by atoms with van der Waals surface area (Å²) in [5.41, 5.74) is 3.42. The van der Waals surface area contributed by atoms with Gasteiger partial charge < -0.3 is 4.90 Å². The third-order valence-electron chi connectivity index (χ3n) is 2.84. The Labute approximate surface area is 84.5 Å². The number of anilines is 1. The fourth-order valence-corrected chi connectivity index (χ4v) is 2.00. The van der Waals surface area contributed by atoms with Crippen molar-refractivity contribution in [1.29, 1.82) is 0 Å². The minimum Gasteiger partial charge on any atom is -0.374 e. The quantitative estimate of drug-likeness (QED) is 0.632. The first kappa shape index (κ1) is 9.25. The molecule has 0 aromatic heterocycles. The van der Waals surface area contributed by atoms with Crippen molar-refractivity contribution in [2.24, 2.45) is 0 Å². The van der Waals surface area contributed by atoms with E-state index in [0.29, 0.717) is 0 Å². The fourth-order valence-electron chi connectivity index (χ4n) is 2.00. The summed E-state index contributed by atoms with van der Waals surface area (Å²) in [6.07, 6.45) is 2.28. The summed E-state index contributed by atoms with van der Waals surface area (Å²) < 4.78 is 0. The molecule has 0 N–H and O–H groups in total. The molecule has 14 heavy (non-hydrogen) atoms. The number of benzene rings is 1. The van der Waals surface area contributed by atoms with Crippen molar-refractivity contribution in [3.63, 3.8) is 0 Å². The van der Waals surface area contributed by atoms with Gasteiger partial charge in [0.25, 0.3) is 0 Å². The fraction of sp³-hybridized carbons (Fsp3) is 0.417. The van der Waals surface area contributed by atoms with E-state index >= 15 is 0 Å². The number of nitrogens with zero attached hydrogens (tertiary/aromatic N) is 1. The molecule has 0 saturated heterocycles. The van der Waals surface area contributed by atoms with Crippen LogP contribution in [0.15, 0.2) is 18.2 Å². The van der Waals surface area contributed by atoms with Crippen molar-refractivity contribution in [3.8, 4) is 0 Å². The summed E-state index contributed by atoms with van der Waals surface area (Å²) >= 11 is 0. The lowest BCUT2D eigenvalue weighted by Crippen LogP contribution is -2.24. The second-order valence-electron chi connectivity index (χ2n) is 3.92. The van der Waals surface area contributed by atoms with Gasteiger partial charge in [-0.25, -0.2) is 0 Å². The number of ketones is 1. The number of Topliss-reactive ketones (excluding diaryl/α,β-unsaturated/α-hetero) is 1. The van der Waals surface area contributed by atoms with Gasteiger partial charge in [0.2, 0.25) is 0 Å². The van der Waals surface area contributed by atoms with Gasteiger partial charge in [-0.15, -0.1) is 0 Å². The third-order valence-corrected chi connectivity index (χ3v) is 2.84. The highest BCUT2D eigenvalue weighted by Crippen LogP contribution is 2.26. The Kier molecular flexibility index (Phi) is 2.28. The molecule has 1 aromatic rings. The van der Waals surface area contributed by atoms with Crippen LogP contribution in [-0.4, -0.2) is 19.4 Å². The molecule has 0 fully saturated rings. The molecule has 1 aliphatic rings. The molecule has 1 heterocycles. The maximum Gasteiger partial charge on any atom is 0.159 e. The lowest BCUT2D eigenvalue weighted by molar-refractivity contribution is 0.101. The van der Waals surface area contributed by atoms with E-state index in [9.17, 15) is 4.79 Å². The van der Waals surface area contributed by atoms with Gasteiger partial charge in [0.15, 0.2) is 5.78 Å². The molecule has 0 bridgehead atoms. The van der Waals surface area contributed by atoms with E-state index < -0.39 is 0 Å². The van der Waals surface area contributed by atoms with Crippen molar-refractivity contribution >= 4 is 11.5 Å². The molecular weight excluding hydrogens is 174 g/mol. The van der Waals surface area contributed by atoms with Gasteiger partial charge in [0.05, 0.1) is 0 Å². The van der Waals surface area contributed by atoms with Gasteiger partial charge in [0, 0.05) is 24.8 Å². The highest BCUT2D eigenvalue weighted by atomic mass is 16.1. The summed E-state index contributed by atoms with van der Waals surface area (Å²) in [7, 11) is 2.10. The molecule has 0 unspecified atom stereocenters. The van der Waals surface area contributed by atoms with Gasteiger partial charge in [-0.2, -0.15) is 0 Å². The number of hydrogen-bond donors (Lipinski definition) is 0. The van der Waals surface area contributed by atoms with Crippen LogP contribution in [0.5, 0.6) is 0 Å². The van der Waals surface area contributed by atoms with Crippen molar-refractivity contribution in [2.75, 3.05) is 18.5 Å². The predicted octanol–water partition coefficient (Wildman–Crippen LogP) is 2.27. The van der Waals surface area contributed by atoms with E-state index in [1.165, 1.54) is 17.7 Å². The Bertz CT molecular complexity index is 371. The van der Waals surface area contributed by atoms with Crippen molar-refractivity contribution < 1.29 is 4.79 Å². The first-order valence-electron chi connectivity index (χ1n) is 5.03. The first-order valence-corrected chi connectivity index (χ1v) is 5.03. The lowest BCUT2D eigenvalue weighted by Gasteiger charge is -2.27. The van der Waals surface area contributed by atoms with E-state index in [1.807, 2.05) is 12.1 Å². The Hall–Kier alpha value is -1.31. The Morgan fingerprint density at radius 2 is 2.21 bits per heavy atom. The zero-order valence-corrected chi connectivity index (χ0v) is 8.71. The molecule has 0 atom stereocenters. The third kappa shape index (κ3) is 1.52. The molecule has 2 heteroatoms. The predicted molar refractivity (Wildman–Crippen MR) is 58.0 cm³/mol. The Balaban J connectivity index is 2.44. The minimum absolute atomic E-state index is 0.154. The minimum atomic E-state index is 0.154. The van der Waals surface area contributed by atoms with Crippen LogP contribution in [0.3, 0.4) is 0 Å². The number of hydrogen-bond acceptors (Lipinski definition) is 2. The van der Waals surface area contributed by atoms with Crippen molar-refractivity contribution in [1.82, 2.24) is 0 Å². The van der Waals surface area contributed by atoms with Gasteiger partial charge in [-0.3, -0.25) is 4.79 Å². The van der Waals surface area contributed by atoms with E-state index in [-0.39, 0.29) is 5.78 Å². The maximum absolute atomic E-state index is 11.2. The van der Waals surface area contributed by atoms with E-state index in [1.54, 1.807) is 6.92 Å². The highest BCUT2D eigenvalue weighted by molar-refractivity contribution is 5.94. The number of rotatable bonds is 1. The molecule has 2 nitrogen and oxygen atoms in total. The lowest BCUT2D eigenvalue weighted by atomic mass is 9.98. The summed E-state index contributed by atoms with van der Waals surface area (Å²) in [6.45, 7) is 2.74. The molecule has 74 valence electrons. The molecule has 1 aromatic carbocycles. The molecule has 0 aliphatic carbocycles. The Morgan fingerprint density at radius 3 is 2.93 bits per heavy atom. The van der Waals surface area contributed by atoms with Crippen molar-refractivity contribution in [2.45, 2.75) is 19.8 Å². The number of carbonyl (C=O) groups excluding carboxylic acids is 1. The van der Waals surface area contributed by atoms with E-state index in [4.69, 9.17) is 0 Å². The van der Waals surface area contributed by atoms with Gasteiger partial charge in [0.1, 0.15) is 0 Å². The van der Waals surface area contributed by atoms with Crippen LogP contribution in [0.25, 0.3) is 0 Å². The maximum atomic E-state index is 11.2. The van der Waals surface area contributed by atoms with Gasteiger partial charge >= 0.3 is 0 Å². The first-order chi connectivity index (χ1) is 6.68. The summed E-state index contributed by atoms with van der Waals surface area (Å²) in [4.78, 5) is 13.5. The molecule has 1 aliphatic heterocycles. The second kappa shape index (κ2) is 3.45. The van der Waals surface area contributed by atoms with Crippen LogP contribution in [0.4, 0.5) is 5.69 Å². The van der Waals surface area contributed by atoms with E-state index in [0.717, 1.165) is 18.5 Å². The largest absolute Gasteiger partial charge is 0.374 e. The van der Waals surface area contributed by atoms with Crippen LogP contribution < -0.4 is 4.90 Å². The zero-order valence-electron chi connectivity index (χ0n) is 8.71. The number of carbonyl (C=O) groups is 1. The number of fused-ring (bicyclic) bond motifs is 1. The smallest absolute Gasteiger partial charge is 0.159 e. The molecular formula is C12H15NO. The molecule has 0 saturated carbocycles. The van der Waals surface area contributed by atoms with Crippen LogP contribution in [-0.2, 0) is 6.42 Å². The monoisotopic (exact) mass is 189 g/mol. The molecule has 0 amide bonds. The van der Waals surface area contributed by atoms with Gasteiger partial charge in [-0.1, -0.05) is 0 Å². The van der Waals surface area contributed by atoms with Crippen molar-refractivity contribution in [3.05, 3.63) is 29.3 Å². The molecule has 2 rings (SSSR count). The van der Waals surface area contributed by atoms with Crippen LogP contribution in [0.1, 0.15) is 29.3 Å². The topological polar surface area (TPSA) is 20.3 Å². The average molecular weight is 189 g/mol. The molecule has 0 spiro atoms. The molecule has 0 radical (unpaired) electrons. The standard InChI is InChI=1S/C12H15NO/c1-9(14)10-5-6-12-11(8-10)4-3-7-13(12)2/h5-6,8H,3-4,7H2,1-2H3. The SMILES string of the molecule is CC(=O)c1ccc2c(c1)CCCN2C. The summed E-state index contributed by atoms with van der Waals surface area (Å²) in [6, 6.07) is 6.02. The van der Waals surface area contributed by atoms with Crippen LogP contribution >= 0.6 is 0 Å². The van der Waals surface area contributed by atoms with Gasteiger partial charge in [-0.05, 0) is 43.5 Å². The number of aryl methyl sites for hydroxylation is 1. The van der Waals surface area contributed by atoms with Crippen LogP contribution in [0.2, 0.25) is 0 Å². The highest BCUT2D eigenvalue weighted by Gasteiger charge is 2.14. The van der Waals surface area contributed by atoms with Crippen LogP contribution in [0, 0.1) is 0 Å².